The molecule has 0 radical (unpaired) electrons. The minimum Gasteiger partial charge on any atom is -0.374 e. The molecule has 0 heterocycles. The zero-order chi connectivity index (χ0) is 13.6. The van der Waals surface area contributed by atoms with Gasteiger partial charge in [-0.3, -0.25) is 0 Å². The highest BCUT2D eigenvalue weighted by Gasteiger charge is 2.38. The van der Waals surface area contributed by atoms with Crippen LogP contribution in [0.3, 0.4) is 0 Å². The lowest BCUT2D eigenvalue weighted by Crippen LogP contribution is -2.51. The largest absolute Gasteiger partial charge is 0.374 e. The Morgan fingerprint density at radius 1 is 1.17 bits per heavy atom. The molecule has 2 nitrogen and oxygen atoms in total. The highest BCUT2D eigenvalue weighted by molar-refractivity contribution is 4.93. The molecule has 1 rings (SSSR count). The molecule has 0 amide bonds. The highest BCUT2D eigenvalue weighted by atomic mass is 16.5. The van der Waals surface area contributed by atoms with E-state index in [1.165, 1.54) is 32.1 Å². The zero-order valence-corrected chi connectivity index (χ0v) is 12.9. The third-order valence-corrected chi connectivity index (χ3v) is 4.25. The molecule has 0 bridgehead atoms. The van der Waals surface area contributed by atoms with Crippen LogP contribution in [-0.2, 0) is 4.74 Å². The van der Waals surface area contributed by atoms with Crippen LogP contribution in [0.25, 0.3) is 0 Å². The lowest BCUT2D eigenvalue weighted by Gasteiger charge is -2.42. The summed E-state index contributed by atoms with van der Waals surface area (Å²) < 4.78 is 6.09. The van der Waals surface area contributed by atoms with Gasteiger partial charge in [0.25, 0.3) is 0 Å². The molecule has 0 spiro atoms. The van der Waals surface area contributed by atoms with Crippen LogP contribution in [0.2, 0.25) is 0 Å². The van der Waals surface area contributed by atoms with E-state index >= 15 is 0 Å². The van der Waals surface area contributed by atoms with E-state index in [0.29, 0.717) is 5.41 Å². The van der Waals surface area contributed by atoms with E-state index in [1.807, 2.05) is 0 Å². The quantitative estimate of drug-likeness (QED) is 0.769. The second-order valence-electron chi connectivity index (χ2n) is 7.12. The number of ether oxygens (including phenoxy) is 1. The molecule has 0 aliphatic heterocycles. The second kappa shape index (κ2) is 6.91. The van der Waals surface area contributed by atoms with Gasteiger partial charge in [0.2, 0.25) is 0 Å². The molecule has 0 aromatic carbocycles. The first kappa shape index (κ1) is 16.0. The molecule has 2 N–H and O–H groups in total. The fourth-order valence-electron chi connectivity index (χ4n) is 3.18. The van der Waals surface area contributed by atoms with Gasteiger partial charge in [0.15, 0.2) is 0 Å². The summed E-state index contributed by atoms with van der Waals surface area (Å²) in [5.74, 6) is 0. The van der Waals surface area contributed by atoms with Crippen LogP contribution >= 0.6 is 0 Å². The van der Waals surface area contributed by atoms with Crippen LogP contribution in [-0.4, -0.2) is 18.2 Å². The molecular weight excluding hydrogens is 222 g/mol. The van der Waals surface area contributed by atoms with Crippen molar-refractivity contribution in [2.24, 2.45) is 11.1 Å². The van der Waals surface area contributed by atoms with E-state index in [0.717, 1.165) is 25.9 Å². The summed E-state index contributed by atoms with van der Waals surface area (Å²) in [5.41, 5.74) is 6.89. The van der Waals surface area contributed by atoms with Gasteiger partial charge in [-0.05, 0) is 38.0 Å². The van der Waals surface area contributed by atoms with Crippen molar-refractivity contribution >= 4 is 0 Å². The first-order chi connectivity index (χ1) is 8.40. The van der Waals surface area contributed by atoms with Crippen molar-refractivity contribution in [3.8, 4) is 0 Å². The maximum absolute atomic E-state index is 6.47. The summed E-state index contributed by atoms with van der Waals surface area (Å²) in [4.78, 5) is 0. The molecular formula is C16H33NO. The Labute approximate surface area is 114 Å². The van der Waals surface area contributed by atoms with Gasteiger partial charge in [-0.1, -0.05) is 46.5 Å². The minimum atomic E-state index is -0.00904. The van der Waals surface area contributed by atoms with Gasteiger partial charge in [0, 0.05) is 12.6 Å². The Hall–Kier alpha value is -0.0800. The average Bonchev–Trinajstić information content (AvgIpc) is 2.29. The van der Waals surface area contributed by atoms with E-state index in [-0.39, 0.29) is 11.6 Å². The molecule has 1 atom stereocenters. The van der Waals surface area contributed by atoms with Crippen molar-refractivity contribution in [3.63, 3.8) is 0 Å². The predicted octanol–water partition coefficient (Wildman–Crippen LogP) is 4.27. The van der Waals surface area contributed by atoms with E-state index in [9.17, 15) is 0 Å². The summed E-state index contributed by atoms with van der Waals surface area (Å²) in [6.45, 7) is 9.80. The molecule has 18 heavy (non-hydrogen) atoms. The summed E-state index contributed by atoms with van der Waals surface area (Å²) in [6, 6.07) is 0.222. The number of rotatable bonds is 6. The van der Waals surface area contributed by atoms with Gasteiger partial charge in [0.05, 0.1) is 5.60 Å². The van der Waals surface area contributed by atoms with E-state index in [1.54, 1.807) is 0 Å². The molecule has 1 aliphatic carbocycles. The molecule has 0 saturated heterocycles. The number of hydrogen-bond donors (Lipinski definition) is 1. The number of nitrogens with two attached hydrogens (primary N) is 1. The lowest BCUT2D eigenvalue weighted by molar-refractivity contribution is -0.0839. The summed E-state index contributed by atoms with van der Waals surface area (Å²) in [5, 5.41) is 0. The molecule has 1 aliphatic rings. The van der Waals surface area contributed by atoms with Gasteiger partial charge in [0.1, 0.15) is 0 Å². The number of hydrogen-bond acceptors (Lipinski definition) is 2. The molecule has 108 valence electrons. The van der Waals surface area contributed by atoms with Crippen LogP contribution in [0.1, 0.15) is 79.1 Å². The maximum atomic E-state index is 6.47. The molecule has 2 heteroatoms. The summed E-state index contributed by atoms with van der Waals surface area (Å²) in [6.07, 6.45) is 9.83. The summed E-state index contributed by atoms with van der Waals surface area (Å²) in [7, 11) is 0. The average molecular weight is 255 g/mol. The summed E-state index contributed by atoms with van der Waals surface area (Å²) >= 11 is 0. The molecule has 0 aromatic rings. The fraction of sp³-hybridized carbons (Fsp3) is 1.00. The van der Waals surface area contributed by atoms with Crippen LogP contribution in [0.15, 0.2) is 0 Å². The van der Waals surface area contributed by atoms with Gasteiger partial charge >= 0.3 is 0 Å². The van der Waals surface area contributed by atoms with E-state index < -0.39 is 0 Å². The van der Waals surface area contributed by atoms with Crippen LogP contribution < -0.4 is 5.73 Å². The van der Waals surface area contributed by atoms with Crippen LogP contribution in [0.4, 0.5) is 0 Å². The van der Waals surface area contributed by atoms with Crippen molar-refractivity contribution in [1.29, 1.82) is 0 Å². The van der Waals surface area contributed by atoms with Crippen LogP contribution in [0, 0.1) is 5.41 Å². The Morgan fingerprint density at radius 2 is 1.78 bits per heavy atom. The van der Waals surface area contributed by atoms with Gasteiger partial charge in [-0.15, -0.1) is 0 Å². The zero-order valence-electron chi connectivity index (χ0n) is 12.9. The Kier molecular flexibility index (Phi) is 6.13. The molecule has 1 unspecified atom stereocenters. The smallest absolute Gasteiger partial charge is 0.0832 e. The predicted molar refractivity (Wildman–Crippen MR) is 78.7 cm³/mol. The van der Waals surface area contributed by atoms with Crippen molar-refractivity contribution < 1.29 is 4.74 Å². The second-order valence-corrected chi connectivity index (χ2v) is 7.12. The highest BCUT2D eigenvalue weighted by Crippen LogP contribution is 2.36. The van der Waals surface area contributed by atoms with Crippen LogP contribution in [0.5, 0.6) is 0 Å². The lowest BCUT2D eigenvalue weighted by atomic mass is 9.77. The molecule has 1 saturated carbocycles. The van der Waals surface area contributed by atoms with E-state index in [4.69, 9.17) is 10.5 Å². The maximum Gasteiger partial charge on any atom is 0.0832 e. The van der Waals surface area contributed by atoms with Crippen molar-refractivity contribution in [3.05, 3.63) is 0 Å². The van der Waals surface area contributed by atoms with Gasteiger partial charge in [-0.2, -0.15) is 0 Å². The normalized spacial score (nSPS) is 21.8. The first-order valence-corrected chi connectivity index (χ1v) is 7.79. The monoisotopic (exact) mass is 255 g/mol. The van der Waals surface area contributed by atoms with Crippen molar-refractivity contribution in [2.75, 3.05) is 6.61 Å². The molecule has 1 fully saturated rings. The van der Waals surface area contributed by atoms with Gasteiger partial charge in [-0.25, -0.2) is 0 Å². The van der Waals surface area contributed by atoms with E-state index in [2.05, 4.69) is 27.7 Å². The van der Waals surface area contributed by atoms with Crippen molar-refractivity contribution in [2.45, 2.75) is 90.7 Å². The fourth-order valence-corrected chi connectivity index (χ4v) is 3.18. The standard InChI is InChI=1S/C16H33NO/c1-5-18-16(12-7-6-8-13-16)14(17)10-9-11-15(2,3)4/h14H,5-13,17H2,1-4H3. The third-order valence-electron chi connectivity index (χ3n) is 4.25. The Morgan fingerprint density at radius 3 is 2.28 bits per heavy atom. The first-order valence-electron chi connectivity index (χ1n) is 7.79. The topological polar surface area (TPSA) is 35.2 Å². The third kappa shape index (κ3) is 4.89. The molecule has 0 aromatic heterocycles. The minimum absolute atomic E-state index is 0.00904. The Bertz CT molecular complexity index is 220. The van der Waals surface area contributed by atoms with Gasteiger partial charge < -0.3 is 10.5 Å². The van der Waals surface area contributed by atoms with Crippen molar-refractivity contribution in [1.82, 2.24) is 0 Å². The Balaban J connectivity index is 2.46. The SMILES string of the molecule is CCOC1(C(N)CCCC(C)(C)C)CCCCC1.